The molecule has 0 amide bonds. The topological polar surface area (TPSA) is 39.1 Å². The average molecular weight is 263 g/mol. The summed E-state index contributed by atoms with van der Waals surface area (Å²) in [6.07, 6.45) is 4.39. The van der Waals surface area contributed by atoms with E-state index in [0.717, 1.165) is 17.8 Å². The maximum atomic E-state index is 13.2. The lowest BCUT2D eigenvalue weighted by Gasteiger charge is -2.11. The van der Waals surface area contributed by atoms with E-state index >= 15 is 0 Å². The van der Waals surface area contributed by atoms with Crippen molar-refractivity contribution in [2.75, 3.05) is 13.7 Å². The number of aromatic nitrogens is 2. The van der Waals surface area contributed by atoms with Crippen LogP contribution in [0, 0.1) is 5.82 Å². The Bertz CT molecular complexity index is 539. The fourth-order valence-corrected chi connectivity index (χ4v) is 1.91. The Kier molecular flexibility index (Phi) is 4.52. The summed E-state index contributed by atoms with van der Waals surface area (Å²) in [6.45, 7) is 1.10. The summed E-state index contributed by atoms with van der Waals surface area (Å²) in [4.78, 5) is 4.23. The van der Waals surface area contributed by atoms with Gasteiger partial charge in [-0.1, -0.05) is 0 Å². The maximum Gasteiger partial charge on any atom is 0.124 e. The molecule has 0 fully saturated rings. The van der Waals surface area contributed by atoms with Gasteiger partial charge in [-0.05, 0) is 25.2 Å². The smallest absolute Gasteiger partial charge is 0.124 e. The molecule has 0 saturated heterocycles. The van der Waals surface area contributed by atoms with E-state index in [-0.39, 0.29) is 5.82 Å². The fraction of sp³-hybridized carbons (Fsp3) is 0.357. The molecule has 0 aliphatic carbocycles. The van der Waals surface area contributed by atoms with Gasteiger partial charge < -0.3 is 14.6 Å². The fourth-order valence-electron chi connectivity index (χ4n) is 1.91. The van der Waals surface area contributed by atoms with Gasteiger partial charge >= 0.3 is 0 Å². The molecule has 0 aliphatic heterocycles. The van der Waals surface area contributed by atoms with Gasteiger partial charge in [0.2, 0.25) is 0 Å². The van der Waals surface area contributed by atoms with Gasteiger partial charge in [0.25, 0.3) is 0 Å². The lowest BCUT2D eigenvalue weighted by molar-refractivity contribution is 0.313. The third-order valence-corrected chi connectivity index (χ3v) is 2.89. The van der Waals surface area contributed by atoms with E-state index in [2.05, 4.69) is 10.3 Å². The first-order valence-corrected chi connectivity index (χ1v) is 6.22. The first kappa shape index (κ1) is 13.5. The van der Waals surface area contributed by atoms with Crippen LogP contribution in [0.25, 0.3) is 0 Å². The van der Waals surface area contributed by atoms with Crippen LogP contribution in [-0.2, 0) is 20.0 Å². The molecular weight excluding hydrogens is 245 g/mol. The number of hydrogen-bond acceptors (Lipinski definition) is 3. The van der Waals surface area contributed by atoms with Gasteiger partial charge in [-0.15, -0.1) is 0 Å². The minimum atomic E-state index is -0.248. The first-order chi connectivity index (χ1) is 9.20. The molecule has 0 saturated carbocycles. The molecule has 0 bridgehead atoms. The van der Waals surface area contributed by atoms with Gasteiger partial charge in [-0.3, -0.25) is 0 Å². The van der Waals surface area contributed by atoms with E-state index in [1.54, 1.807) is 12.3 Å². The van der Waals surface area contributed by atoms with Crippen LogP contribution in [0.2, 0.25) is 0 Å². The second-order valence-electron chi connectivity index (χ2n) is 4.34. The van der Waals surface area contributed by atoms with Crippen molar-refractivity contribution in [3.05, 3.63) is 47.8 Å². The summed E-state index contributed by atoms with van der Waals surface area (Å²) in [6, 6.07) is 4.57. The number of ether oxygens (including phenoxy) is 1. The van der Waals surface area contributed by atoms with Crippen molar-refractivity contribution in [3.63, 3.8) is 0 Å². The monoisotopic (exact) mass is 263 g/mol. The predicted octanol–water partition coefficient (Wildman–Crippen LogP) is 1.90. The Hall–Kier alpha value is -1.88. The third kappa shape index (κ3) is 3.54. The number of nitrogens with one attached hydrogen (secondary N) is 1. The Morgan fingerprint density at radius 1 is 1.42 bits per heavy atom. The lowest BCUT2D eigenvalue weighted by Crippen LogP contribution is -2.10. The van der Waals surface area contributed by atoms with Gasteiger partial charge in [0, 0.05) is 38.0 Å². The highest BCUT2D eigenvalue weighted by Crippen LogP contribution is 2.19. The van der Waals surface area contributed by atoms with Crippen molar-refractivity contribution >= 4 is 0 Å². The number of halogens is 1. The zero-order chi connectivity index (χ0) is 13.7. The SMILES string of the molecule is CNCc1cc(F)ccc1OCCc1nccn1C. The van der Waals surface area contributed by atoms with Crippen molar-refractivity contribution in [2.24, 2.45) is 7.05 Å². The molecule has 0 spiro atoms. The summed E-state index contributed by atoms with van der Waals surface area (Å²) < 4.78 is 20.8. The van der Waals surface area contributed by atoms with Gasteiger partial charge in [0.1, 0.15) is 17.4 Å². The standard InChI is InChI=1S/C14H18FN3O/c1-16-10-11-9-12(15)3-4-13(11)19-8-5-14-17-6-7-18(14)2/h3-4,6-7,9,16H,5,8,10H2,1-2H3. The zero-order valence-electron chi connectivity index (χ0n) is 11.2. The summed E-state index contributed by atoms with van der Waals surface area (Å²) in [5.41, 5.74) is 0.822. The van der Waals surface area contributed by atoms with Gasteiger partial charge in [-0.2, -0.15) is 0 Å². The molecule has 2 aromatic rings. The van der Waals surface area contributed by atoms with Crippen LogP contribution in [0.1, 0.15) is 11.4 Å². The third-order valence-electron chi connectivity index (χ3n) is 2.89. The van der Waals surface area contributed by atoms with E-state index in [4.69, 9.17) is 4.74 Å². The molecule has 0 radical (unpaired) electrons. The maximum absolute atomic E-state index is 13.2. The van der Waals surface area contributed by atoms with Crippen LogP contribution < -0.4 is 10.1 Å². The minimum Gasteiger partial charge on any atom is -0.493 e. The molecule has 2 rings (SSSR count). The molecule has 0 atom stereocenters. The van der Waals surface area contributed by atoms with Crippen LogP contribution in [-0.4, -0.2) is 23.2 Å². The van der Waals surface area contributed by atoms with Crippen molar-refractivity contribution in [1.82, 2.24) is 14.9 Å². The predicted molar refractivity (Wildman–Crippen MR) is 71.6 cm³/mol. The molecule has 19 heavy (non-hydrogen) atoms. The van der Waals surface area contributed by atoms with Crippen LogP contribution in [0.5, 0.6) is 5.75 Å². The van der Waals surface area contributed by atoms with Gasteiger partial charge in [-0.25, -0.2) is 9.37 Å². The molecule has 1 aromatic heterocycles. The second-order valence-corrected chi connectivity index (χ2v) is 4.34. The highest BCUT2D eigenvalue weighted by molar-refractivity contribution is 5.33. The summed E-state index contributed by atoms with van der Waals surface area (Å²) in [5.74, 6) is 1.43. The summed E-state index contributed by atoms with van der Waals surface area (Å²) in [7, 11) is 3.77. The van der Waals surface area contributed by atoms with Gasteiger partial charge in [0.05, 0.1) is 6.61 Å². The quantitative estimate of drug-likeness (QED) is 0.865. The first-order valence-electron chi connectivity index (χ1n) is 6.22. The van der Waals surface area contributed by atoms with Crippen LogP contribution in [0.3, 0.4) is 0 Å². The Morgan fingerprint density at radius 3 is 2.95 bits per heavy atom. The van der Waals surface area contributed by atoms with Crippen LogP contribution in [0.4, 0.5) is 4.39 Å². The molecular formula is C14H18FN3O. The van der Waals surface area contributed by atoms with Crippen molar-refractivity contribution in [3.8, 4) is 5.75 Å². The highest BCUT2D eigenvalue weighted by Gasteiger charge is 2.06. The Labute approximate surface area is 112 Å². The van der Waals surface area contributed by atoms with E-state index in [1.807, 2.05) is 24.9 Å². The molecule has 4 nitrogen and oxygen atoms in total. The second kappa shape index (κ2) is 6.33. The number of rotatable bonds is 6. The van der Waals surface area contributed by atoms with E-state index < -0.39 is 0 Å². The molecule has 1 heterocycles. The minimum absolute atomic E-state index is 0.248. The molecule has 102 valence electrons. The molecule has 1 aromatic carbocycles. The number of imidazole rings is 1. The van der Waals surface area contributed by atoms with Crippen LogP contribution in [0.15, 0.2) is 30.6 Å². The summed E-state index contributed by atoms with van der Waals surface area (Å²) >= 11 is 0. The summed E-state index contributed by atoms with van der Waals surface area (Å²) in [5, 5.41) is 3.00. The molecule has 0 aliphatic rings. The number of benzene rings is 1. The molecule has 1 N–H and O–H groups in total. The number of hydrogen-bond donors (Lipinski definition) is 1. The number of nitrogens with zero attached hydrogens (tertiary/aromatic N) is 2. The highest BCUT2D eigenvalue weighted by atomic mass is 19.1. The van der Waals surface area contributed by atoms with Crippen molar-refractivity contribution in [2.45, 2.75) is 13.0 Å². The van der Waals surface area contributed by atoms with Gasteiger partial charge in [0.15, 0.2) is 0 Å². The van der Waals surface area contributed by atoms with Crippen molar-refractivity contribution < 1.29 is 9.13 Å². The largest absolute Gasteiger partial charge is 0.493 e. The lowest BCUT2D eigenvalue weighted by atomic mass is 10.2. The zero-order valence-corrected chi connectivity index (χ0v) is 11.2. The Morgan fingerprint density at radius 2 is 2.26 bits per heavy atom. The number of aryl methyl sites for hydroxylation is 1. The van der Waals surface area contributed by atoms with Crippen LogP contribution >= 0.6 is 0 Å². The Balaban J connectivity index is 1.97. The van der Waals surface area contributed by atoms with E-state index in [9.17, 15) is 4.39 Å². The molecule has 0 unspecified atom stereocenters. The van der Waals surface area contributed by atoms with E-state index in [1.165, 1.54) is 12.1 Å². The normalized spacial score (nSPS) is 10.7. The molecule has 5 heteroatoms. The van der Waals surface area contributed by atoms with Crippen molar-refractivity contribution in [1.29, 1.82) is 0 Å². The van der Waals surface area contributed by atoms with E-state index in [0.29, 0.717) is 18.9 Å². The average Bonchev–Trinajstić information content (AvgIpc) is 2.78.